The fraction of sp³-hybridized carbons (Fsp3) is 0.118. The summed E-state index contributed by atoms with van der Waals surface area (Å²) in [5, 5.41) is 2.88. The van der Waals surface area contributed by atoms with Gasteiger partial charge in [0.15, 0.2) is 0 Å². The van der Waals surface area contributed by atoms with E-state index in [1.165, 1.54) is 0 Å². The number of hydrogen-bond donors (Lipinski definition) is 1. The lowest BCUT2D eigenvalue weighted by Gasteiger charge is -2.08. The van der Waals surface area contributed by atoms with Crippen molar-refractivity contribution in [2.45, 2.75) is 0 Å². The zero-order valence-corrected chi connectivity index (χ0v) is 13.7. The van der Waals surface area contributed by atoms with Crippen molar-refractivity contribution in [3.8, 4) is 11.5 Å². The lowest BCUT2D eigenvalue weighted by Crippen LogP contribution is -2.04. The van der Waals surface area contributed by atoms with Crippen LogP contribution in [0, 0.1) is 0 Å². The van der Waals surface area contributed by atoms with Crippen molar-refractivity contribution in [1.29, 1.82) is 0 Å². The van der Waals surface area contributed by atoms with E-state index in [2.05, 4.69) is 21.2 Å². The van der Waals surface area contributed by atoms with Crippen LogP contribution < -0.4 is 14.8 Å². The maximum absolute atomic E-state index is 12.3. The van der Waals surface area contributed by atoms with Crippen molar-refractivity contribution < 1.29 is 14.3 Å². The first-order valence-electron chi connectivity index (χ1n) is 6.68. The molecule has 0 saturated heterocycles. The summed E-state index contributed by atoms with van der Waals surface area (Å²) in [6.45, 7) is 0. The first-order valence-corrected chi connectivity index (χ1v) is 7.47. The molecule has 1 aliphatic heterocycles. The fourth-order valence-electron chi connectivity index (χ4n) is 2.43. The Labute approximate surface area is 136 Å². The van der Waals surface area contributed by atoms with Crippen LogP contribution in [0.3, 0.4) is 0 Å². The molecule has 5 heteroatoms. The number of nitrogens with one attached hydrogen (secondary N) is 1. The summed E-state index contributed by atoms with van der Waals surface area (Å²) in [6, 6.07) is 11.2. The Morgan fingerprint density at radius 1 is 1.14 bits per heavy atom. The van der Waals surface area contributed by atoms with Gasteiger partial charge in [0.1, 0.15) is 11.5 Å². The molecule has 1 heterocycles. The molecule has 1 aliphatic rings. The van der Waals surface area contributed by atoms with E-state index >= 15 is 0 Å². The van der Waals surface area contributed by atoms with Crippen LogP contribution in [0.2, 0.25) is 0 Å². The molecule has 0 atom stereocenters. The number of anilines is 1. The largest absolute Gasteiger partial charge is 0.497 e. The van der Waals surface area contributed by atoms with Gasteiger partial charge in [0.05, 0.1) is 19.9 Å². The summed E-state index contributed by atoms with van der Waals surface area (Å²) in [6.07, 6.45) is 1.81. The Morgan fingerprint density at radius 3 is 2.68 bits per heavy atom. The molecule has 0 saturated carbocycles. The molecule has 1 N–H and O–H groups in total. The van der Waals surface area contributed by atoms with Crippen LogP contribution in [0.4, 0.5) is 5.69 Å². The highest BCUT2D eigenvalue weighted by atomic mass is 79.9. The van der Waals surface area contributed by atoms with E-state index in [1.807, 2.05) is 42.5 Å². The molecule has 0 radical (unpaired) electrons. The molecule has 2 aromatic rings. The second-order valence-electron chi connectivity index (χ2n) is 4.78. The first-order chi connectivity index (χ1) is 10.6. The van der Waals surface area contributed by atoms with Gasteiger partial charge in [-0.25, -0.2) is 0 Å². The van der Waals surface area contributed by atoms with Crippen molar-refractivity contribution in [3.63, 3.8) is 0 Å². The number of carbonyl (C=O) groups excluding carboxylic acids is 1. The summed E-state index contributed by atoms with van der Waals surface area (Å²) in [4.78, 5) is 12.3. The van der Waals surface area contributed by atoms with Crippen LogP contribution in [0.1, 0.15) is 11.1 Å². The maximum atomic E-state index is 12.3. The van der Waals surface area contributed by atoms with Gasteiger partial charge in [-0.05, 0) is 46.3 Å². The van der Waals surface area contributed by atoms with Crippen molar-refractivity contribution in [3.05, 3.63) is 52.0 Å². The highest BCUT2D eigenvalue weighted by Gasteiger charge is 2.26. The summed E-state index contributed by atoms with van der Waals surface area (Å²) < 4.78 is 11.5. The van der Waals surface area contributed by atoms with Crippen LogP contribution in [-0.4, -0.2) is 20.1 Å². The molecule has 22 heavy (non-hydrogen) atoms. The summed E-state index contributed by atoms with van der Waals surface area (Å²) in [5.74, 6) is 1.26. The molecule has 2 aromatic carbocycles. The third-order valence-corrected chi connectivity index (χ3v) is 4.18. The number of rotatable bonds is 3. The van der Waals surface area contributed by atoms with Crippen LogP contribution >= 0.6 is 15.9 Å². The SMILES string of the molecule is COc1ccc(OC)c(C=C2C(=O)Nc3c(Br)cccc32)c1. The van der Waals surface area contributed by atoms with Crippen LogP contribution in [0.5, 0.6) is 11.5 Å². The highest BCUT2D eigenvalue weighted by Crippen LogP contribution is 2.39. The van der Waals surface area contributed by atoms with Gasteiger partial charge in [-0.1, -0.05) is 12.1 Å². The van der Waals surface area contributed by atoms with E-state index < -0.39 is 0 Å². The number of halogens is 1. The van der Waals surface area contributed by atoms with E-state index in [9.17, 15) is 4.79 Å². The standard InChI is InChI=1S/C17H14BrNO3/c1-21-11-6-7-15(22-2)10(8-11)9-13-12-4-3-5-14(18)16(12)19-17(13)20/h3-9H,1-2H3,(H,19,20). The van der Waals surface area contributed by atoms with Crippen molar-refractivity contribution >= 4 is 39.2 Å². The second-order valence-corrected chi connectivity index (χ2v) is 5.64. The van der Waals surface area contributed by atoms with Crippen molar-refractivity contribution in [2.24, 2.45) is 0 Å². The number of carbonyl (C=O) groups is 1. The maximum Gasteiger partial charge on any atom is 0.256 e. The summed E-state index contributed by atoms with van der Waals surface area (Å²) in [7, 11) is 3.20. The Hall–Kier alpha value is -2.27. The third-order valence-electron chi connectivity index (χ3n) is 3.52. The van der Waals surface area contributed by atoms with Gasteiger partial charge in [-0.3, -0.25) is 4.79 Å². The van der Waals surface area contributed by atoms with Gasteiger partial charge in [-0.15, -0.1) is 0 Å². The number of para-hydroxylation sites is 1. The lowest BCUT2D eigenvalue weighted by atomic mass is 10.0. The minimum Gasteiger partial charge on any atom is -0.497 e. The molecule has 0 unspecified atom stereocenters. The van der Waals surface area contributed by atoms with Gasteiger partial charge in [0.2, 0.25) is 0 Å². The zero-order chi connectivity index (χ0) is 15.7. The molecular formula is C17H14BrNO3. The highest BCUT2D eigenvalue weighted by molar-refractivity contribution is 9.10. The molecule has 3 rings (SSSR count). The van der Waals surface area contributed by atoms with Crippen molar-refractivity contribution in [2.75, 3.05) is 19.5 Å². The van der Waals surface area contributed by atoms with E-state index in [0.29, 0.717) is 17.1 Å². The second kappa shape index (κ2) is 5.85. The summed E-state index contributed by atoms with van der Waals surface area (Å²) >= 11 is 3.45. The average Bonchev–Trinajstić information content (AvgIpc) is 2.85. The minimum atomic E-state index is -0.133. The average molecular weight is 360 g/mol. The third kappa shape index (κ3) is 2.48. The van der Waals surface area contributed by atoms with Gasteiger partial charge in [0.25, 0.3) is 5.91 Å². The molecule has 112 valence electrons. The molecule has 0 aliphatic carbocycles. The van der Waals surface area contributed by atoms with E-state index in [1.54, 1.807) is 14.2 Å². The van der Waals surface area contributed by atoms with Crippen molar-refractivity contribution in [1.82, 2.24) is 0 Å². The van der Waals surface area contributed by atoms with Gasteiger partial charge < -0.3 is 14.8 Å². The number of ether oxygens (including phenoxy) is 2. The van der Waals surface area contributed by atoms with Crippen LogP contribution in [0.15, 0.2) is 40.9 Å². The quantitative estimate of drug-likeness (QED) is 0.843. The van der Waals surface area contributed by atoms with Gasteiger partial charge in [0, 0.05) is 21.2 Å². The summed E-state index contributed by atoms with van der Waals surface area (Å²) in [5.41, 5.74) is 3.05. The molecular weight excluding hydrogens is 346 g/mol. The lowest BCUT2D eigenvalue weighted by molar-refractivity contribution is -0.110. The number of methoxy groups -OCH3 is 2. The van der Waals surface area contributed by atoms with Gasteiger partial charge >= 0.3 is 0 Å². The smallest absolute Gasteiger partial charge is 0.256 e. The monoisotopic (exact) mass is 359 g/mol. The zero-order valence-electron chi connectivity index (χ0n) is 12.1. The molecule has 1 amide bonds. The Morgan fingerprint density at radius 2 is 1.95 bits per heavy atom. The normalized spacial score (nSPS) is 14.7. The Kier molecular flexibility index (Phi) is 3.90. The molecule has 0 fully saturated rings. The van der Waals surface area contributed by atoms with Crippen LogP contribution in [0.25, 0.3) is 11.6 Å². The topological polar surface area (TPSA) is 47.6 Å². The number of benzene rings is 2. The molecule has 0 aromatic heterocycles. The molecule has 4 nitrogen and oxygen atoms in total. The molecule has 0 spiro atoms. The number of fused-ring (bicyclic) bond motifs is 1. The van der Waals surface area contributed by atoms with E-state index in [0.717, 1.165) is 21.3 Å². The Balaban J connectivity index is 2.14. The predicted molar refractivity (Wildman–Crippen MR) is 90.2 cm³/mol. The minimum absolute atomic E-state index is 0.133. The van der Waals surface area contributed by atoms with E-state index in [-0.39, 0.29) is 5.91 Å². The predicted octanol–water partition coefficient (Wildman–Crippen LogP) is 3.96. The van der Waals surface area contributed by atoms with Gasteiger partial charge in [-0.2, -0.15) is 0 Å². The number of hydrogen-bond acceptors (Lipinski definition) is 3. The Bertz CT molecular complexity index is 783. The molecule has 0 bridgehead atoms. The number of amides is 1. The first kappa shape index (κ1) is 14.7. The van der Waals surface area contributed by atoms with E-state index in [4.69, 9.17) is 9.47 Å². The van der Waals surface area contributed by atoms with Crippen LogP contribution in [-0.2, 0) is 4.79 Å². The fourth-order valence-corrected chi connectivity index (χ4v) is 2.90.